The highest BCUT2D eigenvalue weighted by Gasteiger charge is 2.20. The van der Waals surface area contributed by atoms with Gasteiger partial charge < -0.3 is 20.0 Å². The Labute approximate surface area is 158 Å². The van der Waals surface area contributed by atoms with Gasteiger partial charge in [0.05, 0.1) is 27.2 Å². The number of anilines is 2. The summed E-state index contributed by atoms with van der Waals surface area (Å²) >= 11 is 0. The minimum absolute atomic E-state index is 0.0140. The summed E-state index contributed by atoms with van der Waals surface area (Å²) in [6, 6.07) is 5.88. The van der Waals surface area contributed by atoms with E-state index >= 15 is 0 Å². The van der Waals surface area contributed by atoms with Gasteiger partial charge in [0, 0.05) is 44.4 Å². The van der Waals surface area contributed by atoms with Crippen LogP contribution in [0, 0.1) is 5.92 Å². The van der Waals surface area contributed by atoms with Gasteiger partial charge in [-0.1, -0.05) is 20.8 Å². The fourth-order valence-electron chi connectivity index (χ4n) is 2.67. The lowest BCUT2D eigenvalue weighted by Crippen LogP contribution is -3.06. The van der Waals surface area contributed by atoms with E-state index < -0.39 is 0 Å². The third kappa shape index (κ3) is 6.67. The smallest absolute Gasteiger partial charge is 0.225 e. The van der Waals surface area contributed by atoms with Crippen LogP contribution in [0.15, 0.2) is 18.2 Å². The van der Waals surface area contributed by atoms with E-state index in [9.17, 15) is 9.59 Å². The molecule has 26 heavy (non-hydrogen) atoms. The Morgan fingerprint density at radius 1 is 1.19 bits per heavy atom. The van der Waals surface area contributed by atoms with Crippen molar-refractivity contribution in [1.82, 2.24) is 4.90 Å². The highest BCUT2D eigenvalue weighted by molar-refractivity contribution is 5.91. The number of benzene rings is 1. The van der Waals surface area contributed by atoms with Crippen LogP contribution in [0.4, 0.5) is 11.4 Å². The standard InChI is InChI=1S/C20H34N4O2/c1-8-19(25)21-17-9-10-18(23(6)7)16(13-17)14-24(12-11-22(4)5)20(26)15(2)3/h9-10,13,15H,8,11-12,14H2,1-7H3,(H,21,25)/p+1. The van der Waals surface area contributed by atoms with Crippen LogP contribution in [0.3, 0.4) is 0 Å². The maximum absolute atomic E-state index is 12.7. The van der Waals surface area contributed by atoms with Gasteiger partial charge in [-0.25, -0.2) is 0 Å². The average Bonchev–Trinajstić information content (AvgIpc) is 2.57. The molecule has 0 unspecified atom stereocenters. The number of hydrogen-bond donors (Lipinski definition) is 2. The van der Waals surface area contributed by atoms with Crippen LogP contribution < -0.4 is 15.1 Å². The molecule has 1 aromatic carbocycles. The third-order valence-electron chi connectivity index (χ3n) is 4.21. The van der Waals surface area contributed by atoms with Crippen molar-refractivity contribution >= 4 is 23.2 Å². The number of carbonyl (C=O) groups excluding carboxylic acids is 2. The molecule has 2 amide bonds. The SMILES string of the molecule is CCC(=O)Nc1ccc(N(C)C)c(CN(CC[NH+](C)C)C(=O)C(C)C)c1. The van der Waals surface area contributed by atoms with Gasteiger partial charge in [-0.3, -0.25) is 9.59 Å². The summed E-state index contributed by atoms with van der Waals surface area (Å²) in [5.41, 5.74) is 2.86. The first kappa shape index (κ1) is 22.0. The van der Waals surface area contributed by atoms with Crippen molar-refractivity contribution in [2.75, 3.05) is 51.5 Å². The van der Waals surface area contributed by atoms with Crippen LogP contribution in [0.1, 0.15) is 32.8 Å². The predicted octanol–water partition coefficient (Wildman–Crippen LogP) is 1.23. The molecule has 0 fully saturated rings. The van der Waals surface area contributed by atoms with Crippen molar-refractivity contribution < 1.29 is 14.5 Å². The Morgan fingerprint density at radius 2 is 1.85 bits per heavy atom. The second-order valence-electron chi connectivity index (χ2n) is 7.51. The normalized spacial score (nSPS) is 11.0. The van der Waals surface area contributed by atoms with Crippen LogP contribution in [0.2, 0.25) is 0 Å². The molecule has 2 N–H and O–H groups in total. The Kier molecular flexibility index (Phi) is 8.58. The summed E-state index contributed by atoms with van der Waals surface area (Å²) in [6.45, 7) is 7.83. The van der Waals surface area contributed by atoms with Gasteiger partial charge in [0.15, 0.2) is 0 Å². The zero-order valence-corrected chi connectivity index (χ0v) is 17.3. The highest BCUT2D eigenvalue weighted by atomic mass is 16.2. The first-order valence-corrected chi connectivity index (χ1v) is 9.33. The van der Waals surface area contributed by atoms with E-state index in [1.54, 1.807) is 0 Å². The van der Waals surface area contributed by atoms with Crippen LogP contribution in [0.25, 0.3) is 0 Å². The molecule has 0 aliphatic heterocycles. The molecule has 1 rings (SSSR count). The molecular weight excluding hydrogens is 328 g/mol. The van der Waals surface area contributed by atoms with Gasteiger partial charge in [0.2, 0.25) is 11.8 Å². The molecule has 0 spiro atoms. The molecule has 6 nitrogen and oxygen atoms in total. The number of rotatable bonds is 9. The van der Waals surface area contributed by atoms with Gasteiger partial charge in [-0.05, 0) is 23.8 Å². The fourth-order valence-corrected chi connectivity index (χ4v) is 2.67. The zero-order chi connectivity index (χ0) is 19.9. The second-order valence-corrected chi connectivity index (χ2v) is 7.51. The van der Waals surface area contributed by atoms with E-state index in [1.165, 1.54) is 4.90 Å². The van der Waals surface area contributed by atoms with Crippen LogP contribution >= 0.6 is 0 Å². The topological polar surface area (TPSA) is 57.1 Å². The molecule has 0 radical (unpaired) electrons. The summed E-state index contributed by atoms with van der Waals surface area (Å²) in [5.74, 6) is 0.0942. The van der Waals surface area contributed by atoms with Crippen molar-refractivity contribution in [1.29, 1.82) is 0 Å². The molecule has 0 aliphatic carbocycles. The van der Waals surface area contributed by atoms with E-state index in [0.717, 1.165) is 23.5 Å². The Morgan fingerprint density at radius 3 is 2.35 bits per heavy atom. The number of hydrogen-bond acceptors (Lipinski definition) is 3. The Bertz CT molecular complexity index is 612. The number of quaternary nitrogens is 1. The Balaban J connectivity index is 3.14. The van der Waals surface area contributed by atoms with Crippen molar-refractivity contribution in [3.05, 3.63) is 23.8 Å². The minimum Gasteiger partial charge on any atom is -0.377 e. The van der Waals surface area contributed by atoms with Gasteiger partial charge in [-0.15, -0.1) is 0 Å². The number of carbonyl (C=O) groups is 2. The van der Waals surface area contributed by atoms with E-state index in [4.69, 9.17) is 0 Å². The van der Waals surface area contributed by atoms with Gasteiger partial charge >= 0.3 is 0 Å². The zero-order valence-electron chi connectivity index (χ0n) is 17.3. The number of amides is 2. The molecule has 0 heterocycles. The number of nitrogens with zero attached hydrogens (tertiary/aromatic N) is 2. The molecule has 1 aromatic rings. The minimum atomic E-state index is -0.0436. The van der Waals surface area contributed by atoms with Crippen molar-refractivity contribution in [3.8, 4) is 0 Å². The third-order valence-corrected chi connectivity index (χ3v) is 4.21. The summed E-state index contributed by atoms with van der Waals surface area (Å²) in [7, 11) is 8.15. The first-order chi connectivity index (χ1) is 12.1. The van der Waals surface area contributed by atoms with Crippen molar-refractivity contribution in [2.24, 2.45) is 5.92 Å². The quantitative estimate of drug-likeness (QED) is 0.694. The van der Waals surface area contributed by atoms with Gasteiger partial charge in [0.1, 0.15) is 0 Å². The maximum Gasteiger partial charge on any atom is 0.225 e. The largest absolute Gasteiger partial charge is 0.377 e. The van der Waals surface area contributed by atoms with Crippen molar-refractivity contribution in [2.45, 2.75) is 33.7 Å². The van der Waals surface area contributed by atoms with Crippen LogP contribution in [-0.2, 0) is 16.1 Å². The fraction of sp³-hybridized carbons (Fsp3) is 0.600. The first-order valence-electron chi connectivity index (χ1n) is 9.33. The summed E-state index contributed by atoms with van der Waals surface area (Å²) in [4.78, 5) is 29.7. The maximum atomic E-state index is 12.7. The lowest BCUT2D eigenvalue weighted by molar-refractivity contribution is -0.857. The van der Waals surface area contributed by atoms with E-state index in [1.807, 2.05) is 62.9 Å². The molecule has 0 aliphatic rings. The van der Waals surface area contributed by atoms with Crippen LogP contribution in [-0.4, -0.2) is 58.0 Å². The lowest BCUT2D eigenvalue weighted by Gasteiger charge is -2.28. The van der Waals surface area contributed by atoms with E-state index in [-0.39, 0.29) is 17.7 Å². The molecule has 0 bridgehead atoms. The summed E-state index contributed by atoms with van der Waals surface area (Å²) in [5, 5.41) is 2.91. The van der Waals surface area contributed by atoms with E-state index in [0.29, 0.717) is 19.5 Å². The van der Waals surface area contributed by atoms with Gasteiger partial charge in [-0.2, -0.15) is 0 Å². The second kappa shape index (κ2) is 10.2. The van der Waals surface area contributed by atoms with Crippen molar-refractivity contribution in [3.63, 3.8) is 0 Å². The van der Waals surface area contributed by atoms with Crippen LogP contribution in [0.5, 0.6) is 0 Å². The predicted molar refractivity (Wildman–Crippen MR) is 108 cm³/mol. The molecule has 146 valence electrons. The monoisotopic (exact) mass is 363 g/mol. The van der Waals surface area contributed by atoms with Gasteiger partial charge in [0.25, 0.3) is 0 Å². The molecule has 0 atom stereocenters. The summed E-state index contributed by atoms with van der Waals surface area (Å²) < 4.78 is 0. The number of likely N-dealkylation sites (N-methyl/N-ethyl adjacent to an activating group) is 1. The molecule has 0 aromatic heterocycles. The molecule has 6 heteroatoms. The Hall–Kier alpha value is -2.08. The highest BCUT2D eigenvalue weighted by Crippen LogP contribution is 2.25. The molecule has 0 saturated heterocycles. The summed E-state index contributed by atoms with van der Waals surface area (Å²) in [6.07, 6.45) is 0.439. The van der Waals surface area contributed by atoms with E-state index in [2.05, 4.69) is 19.4 Å². The number of nitrogens with one attached hydrogen (secondary N) is 2. The molecule has 0 saturated carbocycles. The average molecular weight is 364 g/mol. The molecular formula is C20H35N4O2+. The lowest BCUT2D eigenvalue weighted by atomic mass is 10.1.